The van der Waals surface area contributed by atoms with Crippen molar-refractivity contribution in [3.8, 4) is 5.75 Å². The second-order valence-corrected chi connectivity index (χ2v) is 9.69. The lowest BCUT2D eigenvalue weighted by molar-refractivity contribution is 0.0600. The molecule has 2 saturated heterocycles. The molecule has 2 fully saturated rings. The third-order valence-electron chi connectivity index (χ3n) is 7.73. The van der Waals surface area contributed by atoms with Crippen molar-refractivity contribution < 1.29 is 19.1 Å². The highest BCUT2D eigenvalue weighted by molar-refractivity contribution is 5.95. The first-order valence-electron chi connectivity index (χ1n) is 12.2. The Balaban J connectivity index is 1.31. The molecule has 5 rings (SSSR count). The number of fused-ring (bicyclic) bond motifs is 2. The molecule has 180 valence electrons. The molecule has 2 amide bonds. The molecule has 1 spiro atoms. The Bertz CT molecular complexity index is 1050. The number of anilines is 1. The number of piperidine rings is 1. The van der Waals surface area contributed by atoms with Gasteiger partial charge in [0.25, 0.3) is 0 Å². The maximum Gasteiger partial charge on any atom is 0.337 e. The molecule has 3 aliphatic rings. The summed E-state index contributed by atoms with van der Waals surface area (Å²) < 4.78 is 10.3. The first-order chi connectivity index (χ1) is 16.5. The Hall–Kier alpha value is -3.06. The van der Waals surface area contributed by atoms with Crippen LogP contribution in [0.1, 0.15) is 47.2 Å². The Morgan fingerprint density at radius 3 is 2.29 bits per heavy atom. The molecular formula is C27H33N3O4. The van der Waals surface area contributed by atoms with E-state index in [1.807, 2.05) is 40.1 Å². The second-order valence-electron chi connectivity index (χ2n) is 9.69. The van der Waals surface area contributed by atoms with Crippen molar-refractivity contribution in [3.05, 3.63) is 59.2 Å². The van der Waals surface area contributed by atoms with Crippen LogP contribution in [0.15, 0.2) is 42.5 Å². The summed E-state index contributed by atoms with van der Waals surface area (Å²) in [6, 6.07) is 14.0. The predicted octanol–water partition coefficient (Wildman–Crippen LogP) is 4.05. The van der Waals surface area contributed by atoms with Crippen LogP contribution >= 0.6 is 0 Å². The van der Waals surface area contributed by atoms with Gasteiger partial charge in [0.05, 0.1) is 19.8 Å². The number of benzene rings is 2. The molecule has 0 atom stereocenters. The van der Waals surface area contributed by atoms with E-state index >= 15 is 0 Å². The summed E-state index contributed by atoms with van der Waals surface area (Å²) in [4.78, 5) is 31.5. The van der Waals surface area contributed by atoms with Gasteiger partial charge in [-0.05, 0) is 80.2 Å². The van der Waals surface area contributed by atoms with Crippen molar-refractivity contribution in [2.75, 3.05) is 51.8 Å². The second kappa shape index (κ2) is 9.29. The van der Waals surface area contributed by atoms with Crippen LogP contribution in [0.4, 0.5) is 10.5 Å². The molecule has 0 radical (unpaired) electrons. The van der Waals surface area contributed by atoms with E-state index in [2.05, 4.69) is 17.0 Å². The number of urea groups is 1. The topological polar surface area (TPSA) is 62.3 Å². The zero-order valence-electron chi connectivity index (χ0n) is 20.1. The summed E-state index contributed by atoms with van der Waals surface area (Å²) in [5.41, 5.74) is 4.02. The van der Waals surface area contributed by atoms with Gasteiger partial charge in [0, 0.05) is 37.3 Å². The van der Waals surface area contributed by atoms with Crippen LogP contribution in [0.3, 0.4) is 0 Å². The quantitative estimate of drug-likeness (QED) is 0.640. The number of hydrogen-bond donors (Lipinski definition) is 0. The largest absolute Gasteiger partial charge is 0.497 e. The lowest BCUT2D eigenvalue weighted by atomic mass is 9.74. The van der Waals surface area contributed by atoms with Crippen LogP contribution in [0.25, 0.3) is 0 Å². The molecule has 2 aromatic rings. The Kier molecular flexibility index (Phi) is 6.21. The van der Waals surface area contributed by atoms with Gasteiger partial charge in [-0.2, -0.15) is 0 Å². The van der Waals surface area contributed by atoms with Gasteiger partial charge >= 0.3 is 12.0 Å². The van der Waals surface area contributed by atoms with E-state index in [0.717, 1.165) is 76.4 Å². The number of esters is 1. The normalized spacial score (nSPS) is 19.4. The van der Waals surface area contributed by atoms with Gasteiger partial charge in [-0.1, -0.05) is 12.1 Å². The fraction of sp³-hybridized carbons (Fsp3) is 0.481. The summed E-state index contributed by atoms with van der Waals surface area (Å²) in [5.74, 6) is 0.538. The molecular weight excluding hydrogens is 430 g/mol. The molecule has 0 saturated carbocycles. The first-order valence-corrected chi connectivity index (χ1v) is 12.2. The van der Waals surface area contributed by atoms with E-state index in [9.17, 15) is 9.59 Å². The lowest BCUT2D eigenvalue weighted by Gasteiger charge is -2.40. The Morgan fingerprint density at radius 1 is 0.941 bits per heavy atom. The molecule has 0 aliphatic carbocycles. The van der Waals surface area contributed by atoms with E-state index in [1.165, 1.54) is 18.2 Å². The predicted molar refractivity (Wildman–Crippen MR) is 131 cm³/mol. The molecule has 0 unspecified atom stereocenters. The van der Waals surface area contributed by atoms with E-state index in [1.54, 1.807) is 7.11 Å². The van der Waals surface area contributed by atoms with Crippen LogP contribution in [0, 0.1) is 0 Å². The highest BCUT2D eigenvalue weighted by Gasteiger charge is 2.47. The highest BCUT2D eigenvalue weighted by Crippen LogP contribution is 2.48. The van der Waals surface area contributed by atoms with E-state index in [0.29, 0.717) is 5.56 Å². The smallest absolute Gasteiger partial charge is 0.337 e. The average molecular weight is 464 g/mol. The number of methoxy groups -OCH3 is 2. The van der Waals surface area contributed by atoms with Crippen LogP contribution in [0.5, 0.6) is 5.75 Å². The minimum absolute atomic E-state index is 0.0372. The summed E-state index contributed by atoms with van der Waals surface area (Å²) >= 11 is 0. The summed E-state index contributed by atoms with van der Waals surface area (Å²) in [6.45, 7) is 5.22. The van der Waals surface area contributed by atoms with Crippen LogP contribution in [0.2, 0.25) is 0 Å². The first kappa shape index (κ1) is 22.7. The third-order valence-corrected chi connectivity index (χ3v) is 7.73. The van der Waals surface area contributed by atoms with Crippen molar-refractivity contribution in [1.82, 2.24) is 9.80 Å². The summed E-state index contributed by atoms with van der Waals surface area (Å²) in [7, 11) is 3.10. The van der Waals surface area contributed by atoms with Gasteiger partial charge in [-0.3, -0.25) is 9.80 Å². The van der Waals surface area contributed by atoms with E-state index in [-0.39, 0.29) is 17.4 Å². The lowest BCUT2D eigenvalue weighted by Crippen LogP contribution is -2.48. The van der Waals surface area contributed by atoms with Crippen molar-refractivity contribution in [1.29, 1.82) is 0 Å². The number of nitrogens with zero attached hydrogens (tertiary/aromatic N) is 3. The zero-order valence-corrected chi connectivity index (χ0v) is 20.1. The SMILES string of the molecule is COC(=O)c1ccc(CN2CCC3(CC2)CN(C(=O)N2CCCC2)c2ccc(OC)cc23)cc1. The summed E-state index contributed by atoms with van der Waals surface area (Å²) in [6.07, 6.45) is 4.18. The number of amides is 2. The number of ether oxygens (including phenoxy) is 2. The van der Waals surface area contributed by atoms with Gasteiger partial charge in [0.15, 0.2) is 0 Å². The molecule has 7 nitrogen and oxygen atoms in total. The van der Waals surface area contributed by atoms with Gasteiger partial charge in [-0.15, -0.1) is 0 Å². The van der Waals surface area contributed by atoms with Crippen molar-refractivity contribution in [3.63, 3.8) is 0 Å². The molecule has 0 aromatic heterocycles. The number of hydrogen-bond acceptors (Lipinski definition) is 5. The third kappa shape index (κ3) is 4.13. The molecule has 2 aromatic carbocycles. The fourth-order valence-corrected chi connectivity index (χ4v) is 5.71. The van der Waals surface area contributed by atoms with Crippen LogP contribution in [-0.2, 0) is 16.7 Å². The van der Waals surface area contributed by atoms with Crippen molar-refractivity contribution >= 4 is 17.7 Å². The minimum Gasteiger partial charge on any atom is -0.497 e. The van der Waals surface area contributed by atoms with E-state index < -0.39 is 0 Å². The molecule has 34 heavy (non-hydrogen) atoms. The van der Waals surface area contributed by atoms with Gasteiger partial charge in [0.1, 0.15) is 5.75 Å². The zero-order chi connectivity index (χ0) is 23.7. The minimum atomic E-state index is -0.310. The van der Waals surface area contributed by atoms with E-state index in [4.69, 9.17) is 9.47 Å². The molecule has 3 heterocycles. The van der Waals surface area contributed by atoms with Crippen molar-refractivity contribution in [2.45, 2.75) is 37.6 Å². The Labute approximate surface area is 201 Å². The number of carbonyl (C=O) groups is 2. The Morgan fingerprint density at radius 2 is 1.65 bits per heavy atom. The van der Waals surface area contributed by atoms with Crippen molar-refractivity contribution in [2.24, 2.45) is 0 Å². The molecule has 3 aliphatic heterocycles. The maximum absolute atomic E-state index is 13.4. The van der Waals surface area contributed by atoms with Gasteiger partial charge in [-0.25, -0.2) is 9.59 Å². The number of likely N-dealkylation sites (tertiary alicyclic amines) is 2. The highest BCUT2D eigenvalue weighted by atomic mass is 16.5. The average Bonchev–Trinajstić information content (AvgIpc) is 3.52. The molecule has 0 N–H and O–H groups in total. The van der Waals surface area contributed by atoms with Crippen LogP contribution < -0.4 is 9.64 Å². The van der Waals surface area contributed by atoms with Gasteiger partial charge < -0.3 is 14.4 Å². The number of rotatable bonds is 4. The fourth-order valence-electron chi connectivity index (χ4n) is 5.71. The van der Waals surface area contributed by atoms with Gasteiger partial charge in [0.2, 0.25) is 0 Å². The maximum atomic E-state index is 13.4. The monoisotopic (exact) mass is 463 g/mol. The molecule has 7 heteroatoms. The molecule has 0 bridgehead atoms. The van der Waals surface area contributed by atoms with Crippen LogP contribution in [-0.4, -0.2) is 68.7 Å². The number of carbonyl (C=O) groups excluding carboxylic acids is 2. The standard InChI is InChI=1S/C27H33N3O4/c1-33-22-9-10-24-23(17-22)27(19-30(24)26(32)29-13-3-4-14-29)11-15-28(16-12-27)18-20-5-7-21(8-6-20)25(31)34-2/h5-10,17H,3-4,11-16,18-19H2,1-2H3. The summed E-state index contributed by atoms with van der Waals surface area (Å²) in [5, 5.41) is 0.